The Labute approximate surface area is 163 Å². The fourth-order valence-electron chi connectivity index (χ4n) is 2.64. The van der Waals surface area contributed by atoms with Gasteiger partial charge in [0.05, 0.1) is 37.5 Å². The maximum atomic E-state index is 12.6. The van der Waals surface area contributed by atoms with Crippen molar-refractivity contribution in [3.8, 4) is 11.5 Å². The third-order valence-corrected chi connectivity index (χ3v) is 4.16. The Hall–Kier alpha value is -3.35. The van der Waals surface area contributed by atoms with Crippen LogP contribution in [0.1, 0.15) is 30.3 Å². The van der Waals surface area contributed by atoms with Crippen molar-refractivity contribution < 1.29 is 19.0 Å². The minimum Gasteiger partial charge on any atom is -0.497 e. The number of benzene rings is 2. The second-order valence-electron chi connectivity index (χ2n) is 6.09. The molecule has 3 aromatic rings. The van der Waals surface area contributed by atoms with E-state index in [9.17, 15) is 4.79 Å². The maximum Gasteiger partial charge on any atom is 0.360 e. The highest BCUT2D eigenvalue weighted by molar-refractivity contribution is 5.96. The number of nitrogens with zero attached hydrogens (tertiary/aromatic N) is 2. The van der Waals surface area contributed by atoms with Crippen molar-refractivity contribution in [3.05, 3.63) is 48.2 Å². The van der Waals surface area contributed by atoms with Crippen LogP contribution in [-0.2, 0) is 4.74 Å². The third kappa shape index (κ3) is 4.31. The number of aromatic nitrogens is 2. The Kier molecular flexibility index (Phi) is 6.26. The van der Waals surface area contributed by atoms with Gasteiger partial charge in [-0.3, -0.25) is 0 Å². The summed E-state index contributed by atoms with van der Waals surface area (Å²) in [4.78, 5) is 21.7. The van der Waals surface area contributed by atoms with Crippen LogP contribution < -0.4 is 14.8 Å². The lowest BCUT2D eigenvalue weighted by molar-refractivity contribution is 0.0494. The Bertz CT molecular complexity index is 975. The van der Waals surface area contributed by atoms with Gasteiger partial charge >= 0.3 is 5.97 Å². The first kappa shape index (κ1) is 19.4. The van der Waals surface area contributed by atoms with Crippen molar-refractivity contribution in [1.29, 1.82) is 0 Å². The average Bonchev–Trinajstić information content (AvgIpc) is 2.73. The SMILES string of the molecule is CCCCOC(=O)c1nc2ccccc2nc1Nc1ccc(OC)cc1OC. The number of methoxy groups -OCH3 is 2. The van der Waals surface area contributed by atoms with Crippen LogP contribution in [0.15, 0.2) is 42.5 Å². The molecular weight excluding hydrogens is 358 g/mol. The lowest BCUT2D eigenvalue weighted by atomic mass is 10.2. The van der Waals surface area contributed by atoms with Gasteiger partial charge in [-0.1, -0.05) is 25.5 Å². The van der Waals surface area contributed by atoms with Crippen LogP contribution >= 0.6 is 0 Å². The van der Waals surface area contributed by atoms with Crippen molar-refractivity contribution >= 4 is 28.5 Å². The highest BCUT2D eigenvalue weighted by Gasteiger charge is 2.19. The molecule has 1 N–H and O–H groups in total. The normalized spacial score (nSPS) is 10.5. The predicted molar refractivity (Wildman–Crippen MR) is 108 cm³/mol. The number of anilines is 2. The zero-order chi connectivity index (χ0) is 19.9. The molecule has 0 bridgehead atoms. The molecule has 0 unspecified atom stereocenters. The lowest BCUT2D eigenvalue weighted by Crippen LogP contribution is -2.13. The van der Waals surface area contributed by atoms with Crippen LogP contribution in [0.25, 0.3) is 11.0 Å². The summed E-state index contributed by atoms with van der Waals surface area (Å²) >= 11 is 0. The molecule has 3 rings (SSSR count). The van der Waals surface area contributed by atoms with Crippen LogP contribution in [0.5, 0.6) is 11.5 Å². The predicted octanol–water partition coefficient (Wildman–Crippen LogP) is 4.35. The van der Waals surface area contributed by atoms with Crippen molar-refractivity contribution in [3.63, 3.8) is 0 Å². The second kappa shape index (κ2) is 9.03. The molecule has 0 amide bonds. The number of carbonyl (C=O) groups excluding carboxylic acids is 1. The number of esters is 1. The molecule has 1 heterocycles. The molecular formula is C21H23N3O4. The molecule has 7 nitrogen and oxygen atoms in total. The first-order valence-electron chi connectivity index (χ1n) is 9.09. The summed E-state index contributed by atoms with van der Waals surface area (Å²) in [7, 11) is 3.15. The fourth-order valence-corrected chi connectivity index (χ4v) is 2.64. The van der Waals surface area contributed by atoms with Crippen molar-refractivity contribution in [2.45, 2.75) is 19.8 Å². The molecule has 7 heteroatoms. The Morgan fingerprint density at radius 1 is 1.04 bits per heavy atom. The number of hydrogen-bond donors (Lipinski definition) is 1. The maximum absolute atomic E-state index is 12.6. The molecule has 1 aromatic heterocycles. The summed E-state index contributed by atoms with van der Waals surface area (Å²) in [6, 6.07) is 12.7. The molecule has 2 aromatic carbocycles. The van der Waals surface area contributed by atoms with Crippen LogP contribution in [0.2, 0.25) is 0 Å². The average molecular weight is 381 g/mol. The third-order valence-electron chi connectivity index (χ3n) is 4.16. The van der Waals surface area contributed by atoms with E-state index < -0.39 is 5.97 Å². The van der Waals surface area contributed by atoms with Gasteiger partial charge in [0.1, 0.15) is 11.5 Å². The van der Waals surface area contributed by atoms with E-state index in [1.165, 1.54) is 0 Å². The van der Waals surface area contributed by atoms with E-state index in [0.717, 1.165) is 12.8 Å². The second-order valence-corrected chi connectivity index (χ2v) is 6.09. The highest BCUT2D eigenvalue weighted by Crippen LogP contribution is 2.32. The van der Waals surface area contributed by atoms with Crippen LogP contribution in [0, 0.1) is 0 Å². The number of para-hydroxylation sites is 2. The summed E-state index contributed by atoms with van der Waals surface area (Å²) in [5.74, 6) is 1.01. The van der Waals surface area contributed by atoms with E-state index in [-0.39, 0.29) is 5.69 Å². The summed E-state index contributed by atoms with van der Waals surface area (Å²) in [6.07, 6.45) is 1.73. The monoisotopic (exact) mass is 381 g/mol. The van der Waals surface area contributed by atoms with E-state index in [1.54, 1.807) is 32.4 Å². The molecule has 0 atom stereocenters. The van der Waals surface area contributed by atoms with Crippen LogP contribution in [0.4, 0.5) is 11.5 Å². The van der Waals surface area contributed by atoms with Crippen molar-refractivity contribution in [2.75, 3.05) is 26.1 Å². The van der Waals surface area contributed by atoms with E-state index >= 15 is 0 Å². The topological polar surface area (TPSA) is 82.6 Å². The first-order valence-corrected chi connectivity index (χ1v) is 9.09. The van der Waals surface area contributed by atoms with E-state index in [1.807, 2.05) is 31.2 Å². The van der Waals surface area contributed by atoms with Gasteiger partial charge in [-0.05, 0) is 30.7 Å². The fraction of sp³-hybridized carbons (Fsp3) is 0.286. The Morgan fingerprint density at radius 3 is 2.46 bits per heavy atom. The summed E-state index contributed by atoms with van der Waals surface area (Å²) < 4.78 is 16.0. The first-order chi connectivity index (χ1) is 13.7. The number of unbranched alkanes of at least 4 members (excludes halogenated alkanes) is 1. The minimum absolute atomic E-state index is 0.132. The largest absolute Gasteiger partial charge is 0.497 e. The highest BCUT2D eigenvalue weighted by atomic mass is 16.5. The standard InChI is InChI=1S/C21H23N3O4/c1-4-5-12-28-21(25)19-20(23-16-9-7-6-8-15(16)22-19)24-17-11-10-14(26-2)13-18(17)27-3/h6-11,13H,4-5,12H2,1-3H3,(H,23,24). The van der Waals surface area contributed by atoms with Gasteiger partial charge in [0.25, 0.3) is 0 Å². The van der Waals surface area contributed by atoms with Crippen LogP contribution in [-0.4, -0.2) is 36.8 Å². The molecule has 0 saturated carbocycles. The number of fused-ring (bicyclic) bond motifs is 1. The Morgan fingerprint density at radius 2 is 1.79 bits per heavy atom. The van der Waals surface area contributed by atoms with Crippen LogP contribution in [0.3, 0.4) is 0 Å². The van der Waals surface area contributed by atoms with Gasteiger partial charge in [-0.15, -0.1) is 0 Å². The zero-order valence-corrected chi connectivity index (χ0v) is 16.2. The number of carbonyl (C=O) groups is 1. The lowest BCUT2D eigenvalue weighted by Gasteiger charge is -2.14. The summed E-state index contributed by atoms with van der Waals surface area (Å²) in [5.41, 5.74) is 2.06. The van der Waals surface area contributed by atoms with Gasteiger partial charge in [0, 0.05) is 6.07 Å². The molecule has 0 aliphatic heterocycles. The zero-order valence-electron chi connectivity index (χ0n) is 16.2. The summed E-state index contributed by atoms with van der Waals surface area (Å²) in [5, 5.41) is 3.15. The van der Waals surface area contributed by atoms with Gasteiger partial charge in [0.15, 0.2) is 11.5 Å². The molecule has 0 saturated heterocycles. The van der Waals surface area contributed by atoms with Gasteiger partial charge in [-0.2, -0.15) is 0 Å². The molecule has 0 radical (unpaired) electrons. The molecule has 0 aliphatic carbocycles. The molecule has 0 fully saturated rings. The molecule has 0 aliphatic rings. The van der Waals surface area contributed by atoms with E-state index in [0.29, 0.717) is 40.6 Å². The molecule has 0 spiro atoms. The number of hydrogen-bond acceptors (Lipinski definition) is 7. The Balaban J connectivity index is 2.01. The summed E-state index contributed by atoms with van der Waals surface area (Å²) in [6.45, 7) is 2.38. The van der Waals surface area contributed by atoms with E-state index in [2.05, 4.69) is 15.3 Å². The van der Waals surface area contributed by atoms with Crippen molar-refractivity contribution in [1.82, 2.24) is 9.97 Å². The molecule has 28 heavy (non-hydrogen) atoms. The van der Waals surface area contributed by atoms with E-state index in [4.69, 9.17) is 14.2 Å². The number of rotatable bonds is 8. The number of nitrogens with one attached hydrogen (secondary N) is 1. The van der Waals surface area contributed by atoms with Crippen molar-refractivity contribution in [2.24, 2.45) is 0 Å². The number of ether oxygens (including phenoxy) is 3. The van der Waals surface area contributed by atoms with Gasteiger partial charge in [0.2, 0.25) is 0 Å². The quantitative estimate of drug-likeness (QED) is 0.459. The van der Waals surface area contributed by atoms with Gasteiger partial charge < -0.3 is 19.5 Å². The minimum atomic E-state index is -0.512. The van der Waals surface area contributed by atoms with Gasteiger partial charge in [-0.25, -0.2) is 14.8 Å². The molecule has 146 valence electrons. The smallest absolute Gasteiger partial charge is 0.360 e.